The molecule has 6 heavy (non-hydrogen) atoms. The van der Waals surface area contributed by atoms with Crippen LogP contribution in [0, 0.1) is 20.9 Å². The maximum atomic E-state index is 7.26. The van der Waals surface area contributed by atoms with Crippen molar-refractivity contribution in [1.29, 1.82) is 10.5 Å². The number of hydrogen-bond donors (Lipinski definition) is 0. The van der Waals surface area contributed by atoms with Crippen LogP contribution < -0.4 is 0 Å². The van der Waals surface area contributed by atoms with E-state index in [1.165, 1.54) is 5.40 Å². The summed E-state index contributed by atoms with van der Waals surface area (Å²) in [4.78, 5) is 1.62. The molecule has 0 aliphatic rings. The van der Waals surface area contributed by atoms with E-state index in [0.717, 1.165) is 0 Å². The second kappa shape index (κ2) is 22.1. The fourth-order valence-corrected chi connectivity index (χ4v) is 0. The van der Waals surface area contributed by atoms with Gasteiger partial charge in [0.05, 0.1) is 0 Å². The summed E-state index contributed by atoms with van der Waals surface area (Å²) >= 11 is 5.81. The number of rotatable bonds is 0. The van der Waals surface area contributed by atoms with Gasteiger partial charge in [-0.05, 0) is 0 Å². The number of hydrogen-bond acceptors (Lipinski definition) is 3. The molecule has 0 aromatic heterocycles. The Kier molecular flexibility index (Phi) is 33.9. The third kappa shape index (κ3) is 350. The first-order valence-electron chi connectivity index (χ1n) is 0.855. The Balaban J connectivity index is 0. The summed E-state index contributed by atoms with van der Waals surface area (Å²) in [5, 5.41) is 15.7. The normalized spacial score (nSPS) is 2.33. The van der Waals surface area contributed by atoms with Crippen molar-refractivity contribution in [2.24, 2.45) is 0 Å². The Labute approximate surface area is 50.0 Å². The van der Waals surface area contributed by atoms with Crippen molar-refractivity contribution < 1.29 is 0 Å². The van der Waals surface area contributed by atoms with E-state index in [1.807, 2.05) is 0 Å². The Bertz CT molecular complexity index is 66.5. The van der Waals surface area contributed by atoms with E-state index in [2.05, 4.69) is 28.6 Å². The van der Waals surface area contributed by atoms with E-state index in [9.17, 15) is 0 Å². The number of thiocyanates is 1. The molecule has 0 heterocycles. The van der Waals surface area contributed by atoms with Crippen LogP contribution in [-0.2, 0) is 12.6 Å². The van der Waals surface area contributed by atoms with Gasteiger partial charge in [-0.15, -0.1) is 0 Å². The van der Waals surface area contributed by atoms with Crippen LogP contribution in [0.2, 0.25) is 0 Å². The van der Waals surface area contributed by atoms with Gasteiger partial charge in [-0.1, -0.05) is 5.40 Å². The molecule has 0 amide bonds. The second-order valence-electron chi connectivity index (χ2n) is 0.183. The van der Waals surface area contributed by atoms with E-state index in [1.54, 1.807) is 4.97 Å². The molecule has 0 unspecified atom stereocenters. The van der Waals surface area contributed by atoms with E-state index in [-0.39, 0.29) is 0 Å². The van der Waals surface area contributed by atoms with E-state index in [4.69, 9.17) is 10.5 Å². The quantitative estimate of drug-likeness (QED) is 0.278. The molecular weight excluding hydrogens is 163 g/mol. The van der Waals surface area contributed by atoms with Gasteiger partial charge in [0.1, 0.15) is 0 Å². The fourth-order valence-electron chi connectivity index (χ4n) is 0. The van der Waals surface area contributed by atoms with Gasteiger partial charge in [-0.3, -0.25) is 0 Å². The number of nitrogens with zero attached hydrogens (tertiary/aromatic N) is 2. The molecule has 0 saturated carbocycles. The molecule has 0 aromatic rings. The van der Waals surface area contributed by atoms with E-state index >= 15 is 0 Å². The summed E-state index contributed by atoms with van der Waals surface area (Å²) in [6, 6.07) is 0. The molecule has 0 bridgehead atoms. The first kappa shape index (κ1) is 9.21. The molecular formula is C2N2SSe-2. The van der Waals surface area contributed by atoms with Gasteiger partial charge in [-0.2, -0.15) is 0 Å². The Hall–Kier alpha value is -0.281. The summed E-state index contributed by atoms with van der Waals surface area (Å²) < 4.78 is 0. The van der Waals surface area contributed by atoms with Crippen LogP contribution in [-0.4, -0.2) is 16.0 Å². The molecule has 2 nitrogen and oxygen atoms in total. The molecule has 0 radical (unpaired) electrons. The summed E-state index contributed by atoms with van der Waals surface area (Å²) in [6.07, 6.45) is 0. The monoisotopic (exact) mass is 164 g/mol. The molecule has 0 aromatic carbocycles. The molecule has 32 valence electrons. The fraction of sp³-hybridized carbons (Fsp3) is 0. The predicted molar refractivity (Wildman–Crippen MR) is 24.3 cm³/mol. The van der Waals surface area contributed by atoms with Crippen molar-refractivity contribution in [2.75, 3.05) is 0 Å². The van der Waals surface area contributed by atoms with Crippen LogP contribution >= 0.6 is 0 Å². The summed E-state index contributed by atoms with van der Waals surface area (Å²) in [5.74, 6) is 0. The second-order valence-corrected chi connectivity index (χ2v) is 0.748. The van der Waals surface area contributed by atoms with Crippen LogP contribution in [0.4, 0.5) is 0 Å². The molecule has 0 aliphatic heterocycles. The molecule has 0 rings (SSSR count). The third-order valence-corrected chi connectivity index (χ3v) is 0. The van der Waals surface area contributed by atoms with E-state index in [0.29, 0.717) is 0 Å². The first-order valence-corrected chi connectivity index (χ1v) is 2.12. The van der Waals surface area contributed by atoms with Crippen LogP contribution in [0.5, 0.6) is 0 Å². The minimum atomic E-state index is 1.33. The zero-order chi connectivity index (χ0) is 5.41. The van der Waals surface area contributed by atoms with Crippen molar-refractivity contribution >= 4 is 28.6 Å². The summed E-state index contributed by atoms with van der Waals surface area (Å²) in [6.45, 7) is 0. The molecule has 0 saturated heterocycles. The van der Waals surface area contributed by atoms with Gasteiger partial charge < -0.3 is 12.6 Å². The predicted octanol–water partition coefficient (Wildman–Crippen LogP) is -0.350. The molecule has 4 heteroatoms. The van der Waals surface area contributed by atoms with Gasteiger partial charge in [0.15, 0.2) is 0 Å². The maximum absolute atomic E-state index is 7.26. The first-order chi connectivity index (χ1) is 2.83. The van der Waals surface area contributed by atoms with Gasteiger partial charge >= 0.3 is 26.2 Å². The van der Waals surface area contributed by atoms with Crippen molar-refractivity contribution in [3.8, 4) is 10.4 Å². The SMILES string of the molecule is N#C[S-].N#C[Se-]. The average molecular weight is 163 g/mol. The molecule has 0 spiro atoms. The molecule has 0 atom stereocenters. The summed E-state index contributed by atoms with van der Waals surface area (Å²) in [5.41, 5.74) is 0. The Morgan fingerprint density at radius 3 is 1.50 bits per heavy atom. The topological polar surface area (TPSA) is 47.6 Å². The minimum absolute atomic E-state index is 1.33. The van der Waals surface area contributed by atoms with Crippen LogP contribution in [0.3, 0.4) is 0 Å². The van der Waals surface area contributed by atoms with Crippen molar-refractivity contribution in [2.45, 2.75) is 0 Å². The van der Waals surface area contributed by atoms with Gasteiger partial charge in [0.25, 0.3) is 0 Å². The average Bonchev–Trinajstić information content (AvgIpc) is 1.39. The third-order valence-electron chi connectivity index (χ3n) is 0. The van der Waals surface area contributed by atoms with Crippen molar-refractivity contribution in [3.63, 3.8) is 0 Å². The molecule has 0 N–H and O–H groups in total. The van der Waals surface area contributed by atoms with Crippen LogP contribution in [0.25, 0.3) is 0 Å². The van der Waals surface area contributed by atoms with Crippen LogP contribution in [0.15, 0.2) is 0 Å². The van der Waals surface area contributed by atoms with E-state index < -0.39 is 0 Å². The Morgan fingerprint density at radius 2 is 1.50 bits per heavy atom. The van der Waals surface area contributed by atoms with Crippen LogP contribution in [0.1, 0.15) is 0 Å². The van der Waals surface area contributed by atoms with Gasteiger partial charge in [0, 0.05) is 0 Å². The van der Waals surface area contributed by atoms with Gasteiger partial charge in [-0.25, -0.2) is 5.26 Å². The van der Waals surface area contributed by atoms with Crippen molar-refractivity contribution in [1.82, 2.24) is 0 Å². The zero-order valence-corrected chi connectivity index (χ0v) is 5.24. The molecule has 0 aliphatic carbocycles. The Morgan fingerprint density at radius 1 is 1.50 bits per heavy atom. The zero-order valence-electron chi connectivity index (χ0n) is 2.71. The van der Waals surface area contributed by atoms with Crippen molar-refractivity contribution in [3.05, 3.63) is 0 Å². The summed E-state index contributed by atoms with van der Waals surface area (Å²) in [7, 11) is 0. The van der Waals surface area contributed by atoms with Gasteiger partial charge in [0.2, 0.25) is 0 Å². The standard InChI is InChI=1S/CHNS.CHNSe/c2*2-1-3/h2*3H/p-2. The molecule has 0 fully saturated rings. The number of nitriles is 2.